The number of nitrogens with one attached hydrogen (secondary N) is 1. The molecule has 3 aromatic rings. The third-order valence-corrected chi connectivity index (χ3v) is 6.74. The van der Waals surface area contributed by atoms with Gasteiger partial charge >= 0.3 is 0 Å². The van der Waals surface area contributed by atoms with Gasteiger partial charge in [-0.2, -0.15) is 0 Å². The van der Waals surface area contributed by atoms with E-state index in [1.54, 1.807) is 36.4 Å². The maximum atomic E-state index is 13.2. The van der Waals surface area contributed by atoms with Crippen LogP contribution < -0.4 is 5.32 Å². The number of carbonyl (C=O) groups excluding carboxylic acids is 1. The molecule has 0 aliphatic rings. The number of halogens is 1. The molecule has 0 saturated carbocycles. The average Bonchev–Trinajstić information content (AvgIpc) is 3.22. The molecule has 0 spiro atoms. The van der Waals surface area contributed by atoms with Gasteiger partial charge in [-0.1, -0.05) is 26.0 Å². The zero-order valence-electron chi connectivity index (χ0n) is 16.1. The van der Waals surface area contributed by atoms with Crippen molar-refractivity contribution in [2.45, 2.75) is 29.9 Å². The summed E-state index contributed by atoms with van der Waals surface area (Å²) in [5, 5.41) is 1.52. The lowest BCUT2D eigenvalue weighted by Crippen LogP contribution is -2.31. The van der Waals surface area contributed by atoms with E-state index >= 15 is 0 Å². The van der Waals surface area contributed by atoms with Crippen molar-refractivity contribution in [2.24, 2.45) is 0 Å². The fourth-order valence-electron chi connectivity index (χ4n) is 2.93. The second-order valence-electron chi connectivity index (χ2n) is 6.99. The molecule has 1 amide bonds. The molecule has 1 N–H and O–H groups in total. The summed E-state index contributed by atoms with van der Waals surface area (Å²) in [5.74, 6) is -0.436. The summed E-state index contributed by atoms with van der Waals surface area (Å²) in [4.78, 5) is 12.5. The van der Waals surface area contributed by atoms with Crippen LogP contribution in [-0.4, -0.2) is 20.9 Å². The van der Waals surface area contributed by atoms with Crippen molar-refractivity contribution in [1.29, 1.82) is 0 Å². The largest absolute Gasteiger partial charge is 0.468 e. The van der Waals surface area contributed by atoms with Crippen molar-refractivity contribution < 1.29 is 22.0 Å². The van der Waals surface area contributed by atoms with Crippen LogP contribution in [-0.2, 0) is 9.84 Å². The maximum Gasteiger partial charge on any atom is 0.251 e. The van der Waals surface area contributed by atoms with Crippen LogP contribution in [0.15, 0.2) is 76.2 Å². The second-order valence-corrected chi connectivity index (χ2v) is 9.12. The number of amides is 1. The molecule has 0 bridgehead atoms. The minimum absolute atomic E-state index is 0.152. The van der Waals surface area contributed by atoms with Gasteiger partial charge in [0.1, 0.15) is 16.8 Å². The standard InChI is InChI=1S/C22H22FNO4S/c1-15(2)16-7-11-19(12-8-16)29(26,27)21(20-4-3-13-28-20)14-24-22(25)17-5-9-18(23)10-6-17/h3-13,15,21H,14H2,1-2H3,(H,24,25)/t21-/m1/s1. The smallest absolute Gasteiger partial charge is 0.251 e. The fraction of sp³-hybridized carbons (Fsp3) is 0.227. The molecule has 1 atom stereocenters. The minimum atomic E-state index is -3.82. The van der Waals surface area contributed by atoms with Gasteiger partial charge in [-0.3, -0.25) is 4.79 Å². The van der Waals surface area contributed by atoms with E-state index in [9.17, 15) is 17.6 Å². The quantitative estimate of drug-likeness (QED) is 0.617. The van der Waals surface area contributed by atoms with Crippen LogP contribution in [0.25, 0.3) is 0 Å². The molecular formula is C22H22FNO4S. The van der Waals surface area contributed by atoms with Crippen molar-refractivity contribution in [3.8, 4) is 0 Å². The van der Waals surface area contributed by atoms with E-state index < -0.39 is 26.8 Å². The van der Waals surface area contributed by atoms with Crippen molar-refractivity contribution in [1.82, 2.24) is 5.32 Å². The molecule has 0 fully saturated rings. The number of carbonyl (C=O) groups is 1. The average molecular weight is 415 g/mol. The molecule has 0 aliphatic carbocycles. The number of benzene rings is 2. The normalized spacial score (nSPS) is 12.7. The third-order valence-electron chi connectivity index (χ3n) is 4.66. The van der Waals surface area contributed by atoms with E-state index in [4.69, 9.17) is 4.42 Å². The number of sulfone groups is 1. The Kier molecular flexibility index (Phi) is 6.17. The van der Waals surface area contributed by atoms with Crippen molar-refractivity contribution >= 4 is 15.7 Å². The molecule has 5 nitrogen and oxygen atoms in total. The summed E-state index contributed by atoms with van der Waals surface area (Å²) in [5.41, 5.74) is 1.27. The summed E-state index contributed by atoms with van der Waals surface area (Å²) < 4.78 is 44.9. The number of hydrogen-bond acceptors (Lipinski definition) is 4. The Morgan fingerprint density at radius 3 is 2.24 bits per heavy atom. The van der Waals surface area contributed by atoms with Gasteiger partial charge in [0.05, 0.1) is 11.2 Å². The summed E-state index contributed by atoms with van der Waals surface area (Å²) >= 11 is 0. The monoisotopic (exact) mass is 415 g/mol. The predicted octanol–water partition coefficient (Wildman–Crippen LogP) is 4.49. The predicted molar refractivity (Wildman–Crippen MR) is 108 cm³/mol. The SMILES string of the molecule is CC(C)c1ccc(S(=O)(=O)[C@H](CNC(=O)c2ccc(F)cc2)c2ccco2)cc1. The molecule has 152 valence electrons. The lowest BCUT2D eigenvalue weighted by molar-refractivity contribution is 0.0953. The highest BCUT2D eigenvalue weighted by molar-refractivity contribution is 7.91. The first-order valence-electron chi connectivity index (χ1n) is 9.20. The molecular weight excluding hydrogens is 393 g/mol. The van der Waals surface area contributed by atoms with Gasteiger partial charge in [-0.05, 0) is 60.0 Å². The van der Waals surface area contributed by atoms with Gasteiger partial charge in [0, 0.05) is 12.1 Å². The Hall–Kier alpha value is -2.93. The first-order chi connectivity index (χ1) is 13.8. The number of rotatable bonds is 7. The van der Waals surface area contributed by atoms with Crippen molar-refractivity contribution in [2.75, 3.05) is 6.54 Å². The Morgan fingerprint density at radius 2 is 1.69 bits per heavy atom. The number of hydrogen-bond donors (Lipinski definition) is 1. The third kappa shape index (κ3) is 4.74. The molecule has 0 aliphatic heterocycles. The fourth-order valence-corrected chi connectivity index (χ4v) is 4.52. The Morgan fingerprint density at radius 1 is 1.03 bits per heavy atom. The summed E-state index contributed by atoms with van der Waals surface area (Å²) in [6.07, 6.45) is 1.39. The molecule has 1 aromatic heterocycles. The second kappa shape index (κ2) is 8.61. The van der Waals surface area contributed by atoms with E-state index in [1.807, 2.05) is 13.8 Å². The van der Waals surface area contributed by atoms with Crippen LogP contribution in [0.4, 0.5) is 4.39 Å². The van der Waals surface area contributed by atoms with Crippen LogP contribution in [0.3, 0.4) is 0 Å². The van der Waals surface area contributed by atoms with Crippen molar-refractivity contribution in [3.05, 3.63) is 89.6 Å². The van der Waals surface area contributed by atoms with Gasteiger partial charge < -0.3 is 9.73 Å². The van der Waals surface area contributed by atoms with E-state index in [1.165, 1.54) is 30.5 Å². The lowest BCUT2D eigenvalue weighted by atomic mass is 10.0. The molecule has 29 heavy (non-hydrogen) atoms. The van der Waals surface area contributed by atoms with Crippen LogP contribution in [0.2, 0.25) is 0 Å². The van der Waals surface area contributed by atoms with E-state index in [2.05, 4.69) is 5.32 Å². The van der Waals surface area contributed by atoms with Gasteiger partial charge in [-0.15, -0.1) is 0 Å². The molecule has 3 rings (SSSR count). The van der Waals surface area contributed by atoms with Gasteiger partial charge in [-0.25, -0.2) is 12.8 Å². The van der Waals surface area contributed by atoms with Crippen molar-refractivity contribution in [3.63, 3.8) is 0 Å². The van der Waals surface area contributed by atoms with Crippen LogP contribution in [0, 0.1) is 5.82 Å². The summed E-state index contributed by atoms with van der Waals surface area (Å²) in [6.45, 7) is 3.87. The maximum absolute atomic E-state index is 13.2. The topological polar surface area (TPSA) is 76.4 Å². The number of furan rings is 1. The summed E-state index contributed by atoms with van der Waals surface area (Å²) in [7, 11) is -3.82. The highest BCUT2D eigenvalue weighted by Gasteiger charge is 2.32. The van der Waals surface area contributed by atoms with Crippen LogP contribution in [0.1, 0.15) is 46.7 Å². The Bertz CT molecular complexity index is 1060. The Labute approximate surface area is 169 Å². The minimum Gasteiger partial charge on any atom is -0.468 e. The highest BCUT2D eigenvalue weighted by Crippen LogP contribution is 2.30. The molecule has 0 saturated heterocycles. The highest BCUT2D eigenvalue weighted by atomic mass is 32.2. The molecule has 2 aromatic carbocycles. The zero-order chi connectivity index (χ0) is 21.0. The van der Waals surface area contributed by atoms with Crippen LogP contribution >= 0.6 is 0 Å². The first kappa shape index (κ1) is 20.8. The van der Waals surface area contributed by atoms with E-state index in [0.717, 1.165) is 5.56 Å². The lowest BCUT2D eigenvalue weighted by Gasteiger charge is -2.17. The Balaban J connectivity index is 1.85. The summed E-state index contributed by atoms with van der Waals surface area (Å²) in [6, 6.07) is 14.9. The van der Waals surface area contributed by atoms with E-state index in [0.29, 0.717) is 0 Å². The molecule has 7 heteroatoms. The van der Waals surface area contributed by atoms with E-state index in [-0.39, 0.29) is 28.7 Å². The first-order valence-corrected chi connectivity index (χ1v) is 10.7. The van der Waals surface area contributed by atoms with Gasteiger partial charge in [0.2, 0.25) is 0 Å². The van der Waals surface area contributed by atoms with Gasteiger partial charge in [0.15, 0.2) is 9.84 Å². The molecule has 0 radical (unpaired) electrons. The van der Waals surface area contributed by atoms with Gasteiger partial charge in [0.25, 0.3) is 5.91 Å². The molecule has 0 unspecified atom stereocenters. The van der Waals surface area contributed by atoms with Crippen LogP contribution in [0.5, 0.6) is 0 Å². The zero-order valence-corrected chi connectivity index (χ0v) is 16.9. The molecule has 1 heterocycles.